The number of esters is 2. The van der Waals surface area contributed by atoms with E-state index in [1.54, 1.807) is 48.5 Å². The normalized spacial score (nSPS) is 12.2. The summed E-state index contributed by atoms with van der Waals surface area (Å²) in [5, 5.41) is 20.7. The number of amides is 1. The Hall–Kier alpha value is -5.64. The number of aliphatic carboxylic acids is 1. The lowest BCUT2D eigenvalue weighted by Crippen LogP contribution is -2.48. The fourth-order valence-corrected chi connectivity index (χ4v) is 3.56. The maximum Gasteiger partial charge on any atom is 0.349 e. The third kappa shape index (κ3) is 7.93. The van der Waals surface area contributed by atoms with E-state index >= 15 is 0 Å². The van der Waals surface area contributed by atoms with Gasteiger partial charge in [0.25, 0.3) is 5.91 Å². The number of carbonyl (C=O) groups excluding carboxylic acids is 3. The molecule has 0 spiro atoms. The first-order valence-corrected chi connectivity index (χ1v) is 12.4. The molecule has 4 aromatic carbocycles. The van der Waals surface area contributed by atoms with Crippen molar-refractivity contribution in [3.8, 4) is 0 Å². The molecule has 0 aromatic heterocycles. The van der Waals surface area contributed by atoms with E-state index in [0.717, 1.165) is 5.56 Å². The molecule has 0 aliphatic heterocycles. The van der Waals surface area contributed by atoms with Gasteiger partial charge in [0.1, 0.15) is 0 Å². The van der Waals surface area contributed by atoms with Gasteiger partial charge in [-0.15, -0.1) is 0 Å². The van der Waals surface area contributed by atoms with Crippen LogP contribution in [0.5, 0.6) is 0 Å². The topological polar surface area (TPSA) is 144 Å². The maximum absolute atomic E-state index is 13.3. The van der Waals surface area contributed by atoms with Gasteiger partial charge in [-0.2, -0.15) is 10.2 Å². The van der Waals surface area contributed by atoms with Crippen LogP contribution in [0.25, 0.3) is 0 Å². The van der Waals surface area contributed by atoms with Crippen molar-refractivity contribution in [2.24, 2.45) is 10.2 Å². The zero-order valence-electron chi connectivity index (χ0n) is 21.8. The van der Waals surface area contributed by atoms with E-state index < -0.39 is 36.0 Å². The van der Waals surface area contributed by atoms with E-state index in [2.05, 4.69) is 15.5 Å². The molecule has 41 heavy (non-hydrogen) atoms. The molecule has 0 aliphatic rings. The number of carboxylic acid groups (broad SMARTS) is 1. The highest BCUT2D eigenvalue weighted by molar-refractivity contribution is 6.01. The van der Waals surface area contributed by atoms with Crippen LogP contribution in [0.4, 0.5) is 17.1 Å². The summed E-state index contributed by atoms with van der Waals surface area (Å²) in [7, 11) is 0. The van der Waals surface area contributed by atoms with E-state index in [4.69, 9.17) is 9.47 Å². The lowest BCUT2D eigenvalue weighted by molar-refractivity contribution is -0.157. The Labute approximate surface area is 235 Å². The van der Waals surface area contributed by atoms with Gasteiger partial charge in [0.2, 0.25) is 12.2 Å². The van der Waals surface area contributed by atoms with E-state index in [0.29, 0.717) is 11.4 Å². The third-order valence-corrected chi connectivity index (χ3v) is 5.71. The number of rotatable bonds is 10. The van der Waals surface area contributed by atoms with E-state index in [1.165, 1.54) is 36.4 Å². The molecule has 1 amide bonds. The second kappa shape index (κ2) is 13.4. The summed E-state index contributed by atoms with van der Waals surface area (Å²) in [6.45, 7) is 1.97. The van der Waals surface area contributed by atoms with Crippen LogP contribution >= 0.6 is 0 Å². The number of ether oxygens (including phenoxy) is 2. The van der Waals surface area contributed by atoms with E-state index in [1.807, 2.05) is 31.2 Å². The molecule has 0 fully saturated rings. The lowest BCUT2D eigenvalue weighted by atomic mass is 10.1. The number of carboxylic acids is 1. The maximum atomic E-state index is 13.3. The van der Waals surface area contributed by atoms with Crippen LogP contribution in [0.2, 0.25) is 0 Å². The highest BCUT2D eigenvalue weighted by Crippen LogP contribution is 2.22. The summed E-state index contributed by atoms with van der Waals surface area (Å²) in [5.74, 6) is -4.67. The first-order chi connectivity index (χ1) is 19.8. The van der Waals surface area contributed by atoms with Crippen molar-refractivity contribution in [3.63, 3.8) is 0 Å². The minimum atomic E-state index is -2.14. The van der Waals surface area contributed by atoms with Crippen LogP contribution in [0.1, 0.15) is 26.3 Å². The Morgan fingerprint density at radius 2 is 1.07 bits per heavy atom. The summed E-state index contributed by atoms with van der Waals surface area (Å²) >= 11 is 0. The predicted octanol–water partition coefficient (Wildman–Crippen LogP) is 5.88. The zero-order chi connectivity index (χ0) is 29.2. The summed E-state index contributed by atoms with van der Waals surface area (Å²) in [6.07, 6.45) is -4.16. The standard InChI is InChI=1S/C31H25N3O7/c1-20-12-14-24(15-13-20)33-34-25-18-16-23(17-19-25)32-28(35)26(40-30(38)21-8-4-2-5-9-21)27(29(36)37)41-31(39)22-10-6-3-7-11-22/h2-19,26-27H,1H3,(H,32,35)(H,36,37)/t26-,27-/m1/s1. The van der Waals surface area contributed by atoms with Gasteiger partial charge in [0, 0.05) is 5.69 Å². The highest BCUT2D eigenvalue weighted by Gasteiger charge is 2.41. The zero-order valence-corrected chi connectivity index (χ0v) is 21.8. The van der Waals surface area contributed by atoms with Crippen molar-refractivity contribution < 1.29 is 33.8 Å². The van der Waals surface area contributed by atoms with Crippen molar-refractivity contribution >= 4 is 40.9 Å². The molecule has 2 atom stereocenters. The van der Waals surface area contributed by atoms with Crippen molar-refractivity contribution in [1.82, 2.24) is 0 Å². The van der Waals surface area contributed by atoms with Gasteiger partial charge in [-0.1, -0.05) is 54.1 Å². The molecule has 0 radical (unpaired) electrons. The Morgan fingerprint density at radius 3 is 1.54 bits per heavy atom. The molecule has 206 valence electrons. The number of benzene rings is 4. The first-order valence-electron chi connectivity index (χ1n) is 12.4. The lowest BCUT2D eigenvalue weighted by Gasteiger charge is -2.23. The molecular weight excluding hydrogens is 526 g/mol. The summed E-state index contributed by atoms with van der Waals surface area (Å²) in [5.41, 5.74) is 2.65. The molecule has 0 saturated heterocycles. The van der Waals surface area contributed by atoms with Crippen LogP contribution in [-0.2, 0) is 19.1 Å². The van der Waals surface area contributed by atoms with Crippen LogP contribution < -0.4 is 5.32 Å². The highest BCUT2D eigenvalue weighted by atomic mass is 16.6. The number of azo groups is 1. The second-order valence-electron chi connectivity index (χ2n) is 8.79. The Balaban J connectivity index is 1.53. The fourth-order valence-electron chi connectivity index (χ4n) is 3.56. The van der Waals surface area contributed by atoms with Gasteiger partial charge in [-0.3, -0.25) is 4.79 Å². The van der Waals surface area contributed by atoms with Gasteiger partial charge in [0.05, 0.1) is 22.5 Å². The molecule has 0 unspecified atom stereocenters. The Kier molecular flexibility index (Phi) is 9.29. The number of carbonyl (C=O) groups is 4. The predicted molar refractivity (Wildman–Crippen MR) is 149 cm³/mol. The largest absolute Gasteiger partial charge is 0.478 e. The van der Waals surface area contributed by atoms with Crippen molar-refractivity contribution in [1.29, 1.82) is 0 Å². The minimum absolute atomic E-state index is 0.0580. The van der Waals surface area contributed by atoms with Gasteiger partial charge >= 0.3 is 17.9 Å². The number of aryl methyl sites for hydroxylation is 1. The molecule has 2 N–H and O–H groups in total. The SMILES string of the molecule is Cc1ccc(N=Nc2ccc(NC(=O)[C@H](OC(=O)c3ccccc3)[C@@H](OC(=O)c3ccccc3)C(=O)O)cc2)cc1. The van der Waals surface area contributed by atoms with Crippen LogP contribution in [0.15, 0.2) is 119 Å². The summed E-state index contributed by atoms with van der Waals surface area (Å²) < 4.78 is 10.5. The molecular formula is C31H25N3O7. The smallest absolute Gasteiger partial charge is 0.349 e. The average Bonchev–Trinajstić information content (AvgIpc) is 2.99. The van der Waals surface area contributed by atoms with E-state index in [9.17, 15) is 24.3 Å². The monoisotopic (exact) mass is 551 g/mol. The molecule has 0 aliphatic carbocycles. The van der Waals surface area contributed by atoms with Crippen LogP contribution in [0, 0.1) is 6.92 Å². The molecule has 4 aromatic rings. The van der Waals surface area contributed by atoms with Crippen molar-refractivity contribution in [3.05, 3.63) is 126 Å². The van der Waals surface area contributed by atoms with Gasteiger partial charge in [-0.25, -0.2) is 14.4 Å². The second-order valence-corrected chi connectivity index (χ2v) is 8.79. The van der Waals surface area contributed by atoms with Crippen molar-refractivity contribution in [2.75, 3.05) is 5.32 Å². The molecule has 0 saturated carbocycles. The first kappa shape index (κ1) is 28.4. The molecule has 10 nitrogen and oxygen atoms in total. The molecule has 10 heteroatoms. The van der Waals surface area contributed by atoms with Gasteiger partial charge in [-0.05, 0) is 67.6 Å². The van der Waals surface area contributed by atoms with Gasteiger partial charge < -0.3 is 19.9 Å². The third-order valence-electron chi connectivity index (χ3n) is 5.71. The minimum Gasteiger partial charge on any atom is -0.478 e. The van der Waals surface area contributed by atoms with Gasteiger partial charge in [0.15, 0.2) is 0 Å². The number of hydrogen-bond donors (Lipinski definition) is 2. The van der Waals surface area contributed by atoms with Crippen LogP contribution in [-0.4, -0.2) is 41.1 Å². The van der Waals surface area contributed by atoms with Crippen molar-refractivity contribution in [2.45, 2.75) is 19.1 Å². The van der Waals surface area contributed by atoms with Crippen LogP contribution in [0.3, 0.4) is 0 Å². The van der Waals surface area contributed by atoms with E-state index in [-0.39, 0.29) is 16.8 Å². The Bertz CT molecular complexity index is 1540. The number of nitrogens with one attached hydrogen (secondary N) is 1. The fraction of sp³-hybridized carbons (Fsp3) is 0.0968. The number of hydrogen-bond acceptors (Lipinski definition) is 8. The summed E-state index contributed by atoms with van der Waals surface area (Å²) in [4.78, 5) is 50.9. The molecule has 0 heterocycles. The molecule has 0 bridgehead atoms. The Morgan fingerprint density at radius 1 is 0.634 bits per heavy atom. The number of nitrogens with zero attached hydrogens (tertiary/aromatic N) is 2. The summed E-state index contributed by atoms with van der Waals surface area (Å²) in [6, 6.07) is 29.0. The molecule has 4 rings (SSSR count). The quantitative estimate of drug-likeness (QED) is 0.185. The average molecular weight is 552 g/mol. The number of anilines is 1.